The molecule has 4 aliphatic rings. The van der Waals surface area contributed by atoms with Gasteiger partial charge in [0.1, 0.15) is 77.9 Å². The second-order valence-electron chi connectivity index (χ2n) is 26.9. The maximum Gasteiger partial charge on any atom is 0.291 e. The molecular weight excluding hydrogens is 1570 g/mol. The Labute approximate surface area is 691 Å². The number of carbonyl (C=O) groups is 6. The van der Waals surface area contributed by atoms with Crippen molar-refractivity contribution < 1.29 is 71.4 Å². The molecule has 2 aromatic carbocycles. The van der Waals surface area contributed by atoms with Crippen molar-refractivity contribution >= 4 is 109 Å². The number of nitrogens with zero attached hydrogens (tertiary/aromatic N) is 14. The fourth-order valence-electron chi connectivity index (χ4n) is 11.8. The van der Waals surface area contributed by atoms with Gasteiger partial charge in [-0.2, -0.15) is 0 Å². The molecule has 12 rings (SSSR count). The number of Topliss-reactive ketones (excluding diaryl/α,β-unsaturated/α-hetero) is 4. The van der Waals surface area contributed by atoms with E-state index in [-0.39, 0.29) is 106 Å². The number of carbonyl (C=O) groups excluding carboxylic acids is 6. The second kappa shape index (κ2) is 48.1. The lowest BCUT2D eigenvalue weighted by molar-refractivity contribution is -0.385. The van der Waals surface area contributed by atoms with E-state index in [0.29, 0.717) is 104 Å². The van der Waals surface area contributed by atoms with E-state index in [4.69, 9.17) is 53.0 Å². The zero-order valence-electron chi connectivity index (χ0n) is 66.7. The number of nitrogens with two attached hydrogens (primary N) is 1. The van der Waals surface area contributed by atoms with E-state index >= 15 is 4.39 Å². The number of hydrogen-bond acceptors (Lipinski definition) is 29. The van der Waals surface area contributed by atoms with Crippen molar-refractivity contribution in [2.24, 2.45) is 0 Å². The van der Waals surface area contributed by atoms with E-state index in [1.165, 1.54) is 24.7 Å². The highest BCUT2D eigenvalue weighted by Crippen LogP contribution is 2.39. The molecule has 2 aliphatic carbocycles. The fraction of sp³-hybridized carbons (Fsp3) is 0.383. The SMILES string of the molecule is CCC(=O)CCc1cncc(Nc2ncc(F)c(C3=CCc4c(NC(=O)[C@@H](COC)N5CCN(C)CC5)cccc43)n2)c1.CCC(=O)CCl.CCC(=O)COc1cncc(N)c1.CCC(=O)COc1cncc([N+](=O)[O-])c1.COC[C@H](C(=O)Nc1cccc2c1CC=C2c1nc(Cl)ncc1F)N1CCN(C)CC1.O=[N+]([O-])c1cncc(O)c1. The Kier molecular flexibility index (Phi) is 38.1. The molecule has 6 aromatic heterocycles. The minimum atomic E-state index is -0.618. The summed E-state index contributed by atoms with van der Waals surface area (Å²) < 4.78 is 50.4. The van der Waals surface area contributed by atoms with Crippen LogP contribution in [0.15, 0.2) is 135 Å². The molecule has 118 heavy (non-hydrogen) atoms. The van der Waals surface area contributed by atoms with Crippen LogP contribution in [0.25, 0.3) is 11.1 Å². The number of allylic oxidation sites excluding steroid dienone is 2. The third-order valence-corrected chi connectivity index (χ3v) is 19.0. The molecule has 2 saturated heterocycles. The summed E-state index contributed by atoms with van der Waals surface area (Å²) in [6.45, 7) is 14.6. The number of anilines is 5. The molecule has 37 heteroatoms. The molecule has 2 atom stereocenters. The average Bonchev–Trinajstić information content (AvgIpc) is 1.63. The number of aromatic nitrogens is 8. The number of nitro groups is 2. The van der Waals surface area contributed by atoms with Crippen molar-refractivity contribution in [3.8, 4) is 17.2 Å². The first-order valence-electron chi connectivity index (χ1n) is 37.7. The van der Waals surface area contributed by atoms with Gasteiger partial charge in [-0.25, -0.2) is 28.7 Å². The Morgan fingerprint density at radius 3 is 1.51 bits per heavy atom. The Balaban J connectivity index is 0.000000221. The number of likely N-dealkylation sites (N-methyl/N-ethyl adjacent to an activating group) is 2. The van der Waals surface area contributed by atoms with E-state index < -0.39 is 27.5 Å². The number of hydrogen-bond donors (Lipinski definition) is 5. The van der Waals surface area contributed by atoms with Crippen LogP contribution in [-0.4, -0.2) is 234 Å². The molecule has 2 amide bonds. The Morgan fingerprint density at radius 1 is 0.585 bits per heavy atom. The van der Waals surface area contributed by atoms with Gasteiger partial charge >= 0.3 is 0 Å². The largest absolute Gasteiger partial charge is 0.506 e. The number of amides is 2. The topological polar surface area (TPSA) is 424 Å². The van der Waals surface area contributed by atoms with Crippen molar-refractivity contribution in [1.29, 1.82) is 0 Å². The summed E-state index contributed by atoms with van der Waals surface area (Å²) in [6, 6.07) is 16.3. The molecule has 33 nitrogen and oxygen atoms in total. The highest BCUT2D eigenvalue weighted by atomic mass is 35.5. The van der Waals surface area contributed by atoms with E-state index in [0.717, 1.165) is 117 Å². The minimum Gasteiger partial charge on any atom is -0.506 e. The molecule has 6 N–H and O–H groups in total. The lowest BCUT2D eigenvalue weighted by Gasteiger charge is -2.36. The number of rotatable bonds is 30. The monoisotopic (exact) mass is 1670 g/mol. The summed E-state index contributed by atoms with van der Waals surface area (Å²) in [5.41, 5.74) is 13.7. The van der Waals surface area contributed by atoms with Gasteiger partial charge in [-0.05, 0) is 91.0 Å². The Morgan fingerprint density at radius 2 is 1.05 bits per heavy atom. The summed E-state index contributed by atoms with van der Waals surface area (Å²) in [6.07, 6.45) is 21.2. The summed E-state index contributed by atoms with van der Waals surface area (Å²) in [4.78, 5) is 130. The number of halogens is 4. The van der Waals surface area contributed by atoms with Crippen LogP contribution in [0.4, 0.5) is 48.9 Å². The molecule has 8 aromatic rings. The van der Waals surface area contributed by atoms with Crippen molar-refractivity contribution in [3.05, 3.63) is 211 Å². The Hall–Kier alpha value is -11.7. The molecule has 0 spiro atoms. The first-order valence-corrected chi connectivity index (χ1v) is 38.6. The maximum absolute atomic E-state index is 15.1. The number of methoxy groups -OCH3 is 2. The number of fused-ring (bicyclic) bond motifs is 2. The molecule has 2 aliphatic heterocycles. The minimum absolute atomic E-state index is 0.00945. The van der Waals surface area contributed by atoms with E-state index in [1.54, 1.807) is 53.5 Å². The van der Waals surface area contributed by atoms with E-state index in [1.807, 2.05) is 61.5 Å². The number of alkyl halides is 1. The van der Waals surface area contributed by atoms with Crippen molar-refractivity contribution in [3.63, 3.8) is 0 Å². The zero-order valence-corrected chi connectivity index (χ0v) is 68.2. The number of benzene rings is 2. The molecule has 0 radical (unpaired) electrons. The second-order valence-corrected chi connectivity index (χ2v) is 27.5. The number of nitrogens with one attached hydrogen (secondary N) is 3. The third-order valence-electron chi connectivity index (χ3n) is 18.5. The molecule has 2 fully saturated rings. The number of aromatic hydroxyl groups is 1. The lowest BCUT2D eigenvalue weighted by atomic mass is 10.0. The molecule has 0 saturated carbocycles. The van der Waals surface area contributed by atoms with Crippen LogP contribution in [0, 0.1) is 31.9 Å². The van der Waals surface area contributed by atoms with Crippen LogP contribution in [0.2, 0.25) is 5.28 Å². The molecule has 0 bridgehead atoms. The first-order chi connectivity index (χ1) is 56.7. The van der Waals surface area contributed by atoms with Gasteiger partial charge in [0.25, 0.3) is 11.4 Å². The van der Waals surface area contributed by atoms with Crippen LogP contribution in [0.3, 0.4) is 0 Å². The summed E-state index contributed by atoms with van der Waals surface area (Å²) in [5, 5.41) is 38.4. The number of ketones is 4. The fourth-order valence-corrected chi connectivity index (χ4v) is 12.1. The van der Waals surface area contributed by atoms with Gasteiger partial charge in [-0.1, -0.05) is 64.1 Å². The van der Waals surface area contributed by atoms with Crippen LogP contribution in [-0.2, 0) is 57.5 Å². The maximum atomic E-state index is 15.1. The van der Waals surface area contributed by atoms with Gasteiger partial charge in [0, 0.05) is 133 Å². The van der Waals surface area contributed by atoms with Gasteiger partial charge in [0.2, 0.25) is 23.0 Å². The van der Waals surface area contributed by atoms with E-state index in [2.05, 4.69) is 89.5 Å². The van der Waals surface area contributed by atoms with Crippen molar-refractivity contribution in [2.45, 2.75) is 91.1 Å². The highest BCUT2D eigenvalue weighted by Gasteiger charge is 2.33. The number of ether oxygens (including phenoxy) is 4. The number of pyridine rings is 4. The van der Waals surface area contributed by atoms with E-state index in [9.17, 15) is 53.4 Å². The quantitative estimate of drug-likeness (QED) is 0.0121. The van der Waals surface area contributed by atoms with Gasteiger partial charge in [0.05, 0.1) is 95.8 Å². The zero-order chi connectivity index (χ0) is 85.8. The Bertz CT molecular complexity index is 4820. The van der Waals surface area contributed by atoms with Gasteiger partial charge in [-0.15, -0.1) is 11.6 Å². The van der Waals surface area contributed by atoms with Crippen LogP contribution in [0.5, 0.6) is 17.2 Å². The van der Waals surface area contributed by atoms with Crippen LogP contribution in [0.1, 0.15) is 99.0 Å². The smallest absolute Gasteiger partial charge is 0.291 e. The summed E-state index contributed by atoms with van der Waals surface area (Å²) in [7, 11) is 7.37. The molecule has 628 valence electrons. The molecule has 8 heterocycles. The van der Waals surface area contributed by atoms with Gasteiger partial charge in [-0.3, -0.25) is 78.7 Å². The number of piperazine rings is 2. The average molecular weight is 1670 g/mol. The van der Waals surface area contributed by atoms with Crippen LogP contribution < -0.4 is 31.2 Å². The first kappa shape index (κ1) is 93.5. The summed E-state index contributed by atoms with van der Waals surface area (Å²) in [5.74, 6) is -0.0606. The van der Waals surface area contributed by atoms with Crippen molar-refractivity contribution in [2.75, 3.05) is 135 Å². The molecule has 0 unspecified atom stereocenters. The summed E-state index contributed by atoms with van der Waals surface area (Å²) >= 11 is 11.0. The lowest BCUT2D eigenvalue weighted by Crippen LogP contribution is -2.54. The normalized spacial score (nSPS) is 14.0. The highest BCUT2D eigenvalue weighted by molar-refractivity contribution is 6.28. The number of aryl methyl sites for hydroxylation is 1. The van der Waals surface area contributed by atoms with Crippen molar-refractivity contribution in [1.82, 2.24) is 59.5 Å². The number of nitrogen functional groups attached to an aromatic ring is 1. The third kappa shape index (κ3) is 29.2. The molecular formula is C81H96Cl2F2N18O15. The van der Waals surface area contributed by atoms with Crippen LogP contribution >= 0.6 is 23.2 Å². The predicted molar refractivity (Wildman–Crippen MR) is 441 cm³/mol. The predicted octanol–water partition coefficient (Wildman–Crippen LogP) is 10.6. The standard InChI is InChI=1S/C32H38FN7O3.C22H25ClFN5O2.C9H10N2O4.C9H12N2O2.C5H4N2O3.C4H7ClO/c1-4-23(41)9-8-21-16-22(18-34-17-21)36-32-35-19-27(33)30(38-32)26-11-10-25-24(26)6-5-7-28(25)37-31(42)29(20-43-3)40-14-12-39(2)13-15-40;1-28-8-10-29(11-9-28)19(13-31-2)21(30)26-18-5-3-4-14-15(18)6-7-16(14)20-17(24)12-25-22(23)27-20;1-2-8(12)6-15-9-3-7(11(13)14)4-10-5-9;1-2-8(12)6-13-9-3-7(10)4-11-5-9;8-5-1-4(7(9)10)2-6-3-5;1-2-4(6)3-5/h5-7,11,16-19,29H,4,8-10,12-15,20H2,1-3H3,(H,37,42)(H,35,36,38);3-5,7,12,19H,6,8-11,13H2,1-2H3,(H,26,30);3-5H,2,6H2,1H3;3-5H,2,6,10H2,1H3;1-3,8H;2-3H2,1H3/t29-;19-;;;;/m11..../s1. The van der Waals surface area contributed by atoms with Gasteiger partial charge < -0.3 is 55.5 Å². The van der Waals surface area contributed by atoms with Gasteiger partial charge in [0.15, 0.2) is 23.2 Å².